The van der Waals surface area contributed by atoms with Crippen molar-refractivity contribution in [2.75, 3.05) is 20.2 Å². The Hall–Kier alpha value is -0.560. The van der Waals surface area contributed by atoms with E-state index in [0.29, 0.717) is 31.5 Å². The fourth-order valence-corrected chi connectivity index (χ4v) is 5.34. The van der Waals surface area contributed by atoms with E-state index >= 15 is 0 Å². The second-order valence-electron chi connectivity index (χ2n) is 9.16. The summed E-state index contributed by atoms with van der Waals surface area (Å²) in [4.78, 5) is 27.4. The number of piperidine rings is 1. The average Bonchev–Trinajstić information content (AvgIpc) is 2.74. The number of methoxy groups -OCH3 is 1. The highest BCUT2D eigenvalue weighted by Crippen LogP contribution is 2.29. The van der Waals surface area contributed by atoms with Gasteiger partial charge in [-0.05, 0) is 31.6 Å². The number of nitrogens with one attached hydrogen (secondary N) is 1. The minimum absolute atomic E-state index is 0. The Morgan fingerprint density at radius 1 is 1.00 bits per heavy atom. The molecule has 3 unspecified atom stereocenters. The Morgan fingerprint density at radius 3 is 2.20 bits per heavy atom. The zero-order valence-corrected chi connectivity index (χ0v) is 20.0. The first-order valence-electron chi connectivity index (χ1n) is 11.5. The van der Waals surface area contributed by atoms with Crippen molar-refractivity contribution in [3.05, 3.63) is 0 Å². The maximum absolute atomic E-state index is 13.5. The number of esters is 1. The van der Waals surface area contributed by atoms with Crippen LogP contribution in [0.5, 0.6) is 0 Å². The van der Waals surface area contributed by atoms with Gasteiger partial charge in [0.25, 0.3) is 0 Å². The molecule has 6 nitrogen and oxygen atoms in total. The smallest absolute Gasteiger partial charge is 0.312 e. The van der Waals surface area contributed by atoms with Gasteiger partial charge in [0.1, 0.15) is 0 Å². The molecule has 1 aliphatic heterocycles. The van der Waals surface area contributed by atoms with Gasteiger partial charge >= 0.3 is 5.97 Å². The quantitative estimate of drug-likeness (QED) is 0.586. The second kappa shape index (κ2) is 13.8. The number of hydrogen-bond acceptors (Lipinski definition) is 5. The van der Waals surface area contributed by atoms with Crippen LogP contribution in [0, 0.1) is 11.8 Å². The molecule has 0 aromatic heterocycles. The molecule has 30 heavy (non-hydrogen) atoms. The van der Waals surface area contributed by atoms with E-state index in [4.69, 9.17) is 10.5 Å². The molecule has 0 aromatic carbocycles. The summed E-state index contributed by atoms with van der Waals surface area (Å²) in [7, 11) is 1.40. The van der Waals surface area contributed by atoms with Gasteiger partial charge in [-0.2, -0.15) is 0 Å². The number of likely N-dealkylation sites (tertiary alicyclic amines) is 1. The molecule has 0 aromatic rings. The van der Waals surface area contributed by atoms with Gasteiger partial charge in [0, 0.05) is 25.2 Å². The maximum atomic E-state index is 13.5. The summed E-state index contributed by atoms with van der Waals surface area (Å²) in [6.07, 6.45) is 14.1. The Balaban J connectivity index is 0.00000225. The SMILES string of the molecule is COC(=O)C1CN(C(=O)C(CC2CCCCC2)NC2CCCCC2)CCC1N.Cl.Cl. The molecule has 2 saturated carbocycles. The van der Waals surface area contributed by atoms with E-state index in [-0.39, 0.29) is 48.8 Å². The maximum Gasteiger partial charge on any atom is 0.312 e. The van der Waals surface area contributed by atoms with Crippen LogP contribution >= 0.6 is 24.8 Å². The summed E-state index contributed by atoms with van der Waals surface area (Å²) in [6.45, 7) is 1.03. The molecule has 0 radical (unpaired) electrons. The van der Waals surface area contributed by atoms with E-state index in [9.17, 15) is 9.59 Å². The summed E-state index contributed by atoms with van der Waals surface area (Å²) in [6, 6.07) is 0.105. The predicted octanol–water partition coefficient (Wildman–Crippen LogP) is 3.44. The van der Waals surface area contributed by atoms with E-state index in [1.807, 2.05) is 4.90 Å². The van der Waals surface area contributed by atoms with Crippen LogP contribution in [0.25, 0.3) is 0 Å². The Kier molecular flexibility index (Phi) is 12.6. The number of ether oxygens (including phenoxy) is 1. The highest BCUT2D eigenvalue weighted by atomic mass is 35.5. The highest BCUT2D eigenvalue weighted by molar-refractivity contribution is 5.85. The Bertz CT molecular complexity index is 506. The van der Waals surface area contributed by atoms with E-state index in [1.54, 1.807) is 0 Å². The molecule has 3 N–H and O–H groups in total. The Labute approximate surface area is 194 Å². The zero-order valence-electron chi connectivity index (χ0n) is 18.4. The number of nitrogens with zero attached hydrogens (tertiary/aromatic N) is 1. The predicted molar refractivity (Wildman–Crippen MR) is 124 cm³/mol. The van der Waals surface area contributed by atoms with Gasteiger partial charge in [0.05, 0.1) is 19.1 Å². The van der Waals surface area contributed by atoms with Crippen LogP contribution in [0.1, 0.15) is 77.0 Å². The Morgan fingerprint density at radius 2 is 1.60 bits per heavy atom. The van der Waals surface area contributed by atoms with E-state index in [0.717, 1.165) is 6.42 Å². The van der Waals surface area contributed by atoms with Gasteiger partial charge in [0.2, 0.25) is 5.91 Å². The molecule has 1 saturated heterocycles. The van der Waals surface area contributed by atoms with Crippen molar-refractivity contribution in [2.24, 2.45) is 17.6 Å². The van der Waals surface area contributed by atoms with E-state index in [2.05, 4.69) is 5.32 Å². The molecule has 3 aliphatic rings. The van der Waals surface area contributed by atoms with Crippen molar-refractivity contribution in [3.63, 3.8) is 0 Å². The standard InChI is InChI=1S/C22H39N3O3.2ClH/c1-28-22(27)18-15-25(13-12-19(18)23)21(26)20(14-16-8-4-2-5-9-16)24-17-10-6-3-7-11-17;;/h16-20,24H,2-15,23H2,1H3;2*1H. The summed E-state index contributed by atoms with van der Waals surface area (Å²) in [5.41, 5.74) is 6.14. The van der Waals surface area contributed by atoms with E-state index in [1.165, 1.54) is 71.3 Å². The van der Waals surface area contributed by atoms with Crippen molar-refractivity contribution in [2.45, 2.75) is 95.2 Å². The van der Waals surface area contributed by atoms with Crippen LogP contribution in [-0.4, -0.2) is 55.1 Å². The molecule has 8 heteroatoms. The fraction of sp³-hybridized carbons (Fsp3) is 0.909. The first kappa shape index (κ1) is 27.5. The molecule has 0 spiro atoms. The van der Waals surface area contributed by atoms with Crippen molar-refractivity contribution < 1.29 is 14.3 Å². The lowest BCUT2D eigenvalue weighted by atomic mass is 9.83. The third-order valence-corrected chi connectivity index (χ3v) is 7.12. The number of nitrogens with two attached hydrogens (primary N) is 1. The number of amides is 1. The van der Waals surface area contributed by atoms with Gasteiger partial charge in [0.15, 0.2) is 0 Å². The van der Waals surface area contributed by atoms with Gasteiger partial charge < -0.3 is 20.7 Å². The first-order chi connectivity index (χ1) is 13.6. The van der Waals surface area contributed by atoms with Crippen molar-refractivity contribution in [3.8, 4) is 0 Å². The molecule has 3 fully saturated rings. The number of carbonyl (C=O) groups excluding carboxylic acids is 2. The van der Waals surface area contributed by atoms with Crippen molar-refractivity contribution in [1.82, 2.24) is 10.2 Å². The molecule has 1 amide bonds. The molecule has 3 atom stereocenters. The topological polar surface area (TPSA) is 84.7 Å². The summed E-state index contributed by atoms with van der Waals surface area (Å²) < 4.78 is 4.92. The minimum Gasteiger partial charge on any atom is -0.469 e. The average molecular weight is 466 g/mol. The van der Waals surface area contributed by atoms with Crippen molar-refractivity contribution in [1.29, 1.82) is 0 Å². The van der Waals surface area contributed by atoms with Crippen molar-refractivity contribution >= 4 is 36.7 Å². The molecule has 2 aliphatic carbocycles. The first-order valence-corrected chi connectivity index (χ1v) is 11.5. The molecular formula is C22H41Cl2N3O3. The second-order valence-corrected chi connectivity index (χ2v) is 9.16. The largest absolute Gasteiger partial charge is 0.469 e. The zero-order chi connectivity index (χ0) is 19.9. The number of rotatable bonds is 6. The van der Waals surface area contributed by atoms with Crippen LogP contribution in [-0.2, 0) is 14.3 Å². The van der Waals surface area contributed by atoms with Crippen LogP contribution in [0.4, 0.5) is 0 Å². The summed E-state index contributed by atoms with van der Waals surface area (Å²) in [5.74, 6) is 0.0981. The molecule has 3 rings (SSSR count). The van der Waals surface area contributed by atoms with Crippen LogP contribution in [0.3, 0.4) is 0 Å². The third-order valence-electron chi connectivity index (χ3n) is 7.12. The lowest BCUT2D eigenvalue weighted by Crippen LogP contribution is -2.57. The van der Waals surface area contributed by atoms with E-state index < -0.39 is 5.92 Å². The minimum atomic E-state index is -0.410. The molecule has 0 bridgehead atoms. The van der Waals surface area contributed by atoms with Crippen LogP contribution < -0.4 is 11.1 Å². The number of hydrogen-bond donors (Lipinski definition) is 2. The highest BCUT2D eigenvalue weighted by Gasteiger charge is 2.38. The summed E-state index contributed by atoms with van der Waals surface area (Å²) >= 11 is 0. The lowest BCUT2D eigenvalue weighted by Gasteiger charge is -2.39. The fourth-order valence-electron chi connectivity index (χ4n) is 5.34. The van der Waals surface area contributed by atoms with Gasteiger partial charge in [-0.25, -0.2) is 0 Å². The van der Waals surface area contributed by atoms with Gasteiger partial charge in [-0.1, -0.05) is 51.4 Å². The molecule has 176 valence electrons. The monoisotopic (exact) mass is 465 g/mol. The lowest BCUT2D eigenvalue weighted by molar-refractivity contribution is -0.150. The van der Waals surface area contributed by atoms with Gasteiger partial charge in [-0.15, -0.1) is 24.8 Å². The third kappa shape index (κ3) is 7.54. The summed E-state index contributed by atoms with van der Waals surface area (Å²) in [5, 5.41) is 3.73. The molecular weight excluding hydrogens is 425 g/mol. The van der Waals surface area contributed by atoms with Gasteiger partial charge in [-0.3, -0.25) is 9.59 Å². The number of carbonyl (C=O) groups is 2. The van der Waals surface area contributed by atoms with Crippen LogP contribution in [0.2, 0.25) is 0 Å². The van der Waals surface area contributed by atoms with Crippen LogP contribution in [0.15, 0.2) is 0 Å². The number of halogens is 2. The normalized spacial score (nSPS) is 26.8. The molecule has 1 heterocycles.